The fraction of sp³-hybridized carbons (Fsp3) is 0.579. The first-order valence-corrected chi connectivity index (χ1v) is 8.72. The highest BCUT2D eigenvalue weighted by molar-refractivity contribution is 5.71. The van der Waals surface area contributed by atoms with Gasteiger partial charge in [0.25, 0.3) is 0 Å². The van der Waals surface area contributed by atoms with Crippen molar-refractivity contribution in [3.63, 3.8) is 0 Å². The Bertz CT molecular complexity index is 629. The molecule has 1 unspecified atom stereocenters. The molecule has 1 fully saturated rings. The van der Waals surface area contributed by atoms with E-state index in [0.29, 0.717) is 6.54 Å². The van der Waals surface area contributed by atoms with Gasteiger partial charge in [-0.1, -0.05) is 30.3 Å². The zero-order valence-corrected chi connectivity index (χ0v) is 15.9. The number of amides is 2. The third kappa shape index (κ3) is 5.11. The summed E-state index contributed by atoms with van der Waals surface area (Å²) in [5.41, 5.74) is -0.639. The number of ether oxygens (including phenoxy) is 2. The molecule has 1 saturated heterocycles. The first-order chi connectivity index (χ1) is 12.1. The number of piperazine rings is 1. The van der Waals surface area contributed by atoms with Gasteiger partial charge in [0.15, 0.2) is 0 Å². The van der Waals surface area contributed by atoms with Crippen molar-refractivity contribution in [3.8, 4) is 0 Å². The van der Waals surface area contributed by atoms with E-state index < -0.39 is 23.3 Å². The number of carbonyl (C=O) groups is 2. The third-order valence-corrected chi connectivity index (χ3v) is 4.19. The normalized spacial score (nSPS) is 20.7. The molecule has 1 aliphatic rings. The van der Waals surface area contributed by atoms with Gasteiger partial charge in [-0.3, -0.25) is 4.90 Å². The van der Waals surface area contributed by atoms with Crippen LogP contribution in [0, 0.1) is 0 Å². The second-order valence-corrected chi connectivity index (χ2v) is 7.75. The number of nitrogens with zero attached hydrogens (tertiary/aromatic N) is 2. The van der Waals surface area contributed by atoms with E-state index in [-0.39, 0.29) is 26.3 Å². The van der Waals surface area contributed by atoms with Crippen LogP contribution in [-0.4, -0.2) is 64.5 Å². The van der Waals surface area contributed by atoms with Crippen molar-refractivity contribution < 1.29 is 24.2 Å². The average Bonchev–Trinajstić information content (AvgIpc) is 2.59. The lowest BCUT2D eigenvalue weighted by molar-refractivity contribution is -0.0379. The Labute approximate surface area is 154 Å². The molecule has 144 valence electrons. The molecule has 1 atom stereocenters. The van der Waals surface area contributed by atoms with Gasteiger partial charge in [0.2, 0.25) is 0 Å². The van der Waals surface area contributed by atoms with Crippen molar-refractivity contribution in [1.29, 1.82) is 0 Å². The van der Waals surface area contributed by atoms with Crippen LogP contribution in [0.25, 0.3) is 0 Å². The number of aliphatic hydroxyl groups excluding tert-OH is 1. The van der Waals surface area contributed by atoms with Crippen LogP contribution in [0.15, 0.2) is 30.3 Å². The molecule has 1 aliphatic heterocycles. The zero-order valence-electron chi connectivity index (χ0n) is 15.9. The summed E-state index contributed by atoms with van der Waals surface area (Å²) in [7, 11) is 0. The quantitative estimate of drug-likeness (QED) is 0.892. The maximum atomic E-state index is 12.5. The molecule has 0 saturated carbocycles. The number of benzene rings is 1. The minimum Gasteiger partial charge on any atom is -0.445 e. The molecule has 0 spiro atoms. The summed E-state index contributed by atoms with van der Waals surface area (Å²) in [6.07, 6.45) is -0.955. The highest BCUT2D eigenvalue weighted by Gasteiger charge is 2.43. The molecule has 26 heavy (non-hydrogen) atoms. The van der Waals surface area contributed by atoms with E-state index in [9.17, 15) is 14.7 Å². The van der Waals surface area contributed by atoms with E-state index in [2.05, 4.69) is 0 Å². The maximum Gasteiger partial charge on any atom is 0.410 e. The van der Waals surface area contributed by atoms with Gasteiger partial charge in [-0.05, 0) is 33.3 Å². The number of hydrogen-bond donors (Lipinski definition) is 1. The second-order valence-electron chi connectivity index (χ2n) is 7.75. The molecule has 7 heteroatoms. The van der Waals surface area contributed by atoms with Crippen molar-refractivity contribution in [2.45, 2.75) is 45.4 Å². The van der Waals surface area contributed by atoms with Gasteiger partial charge in [0.1, 0.15) is 12.2 Å². The van der Waals surface area contributed by atoms with Crippen molar-refractivity contribution in [3.05, 3.63) is 35.9 Å². The van der Waals surface area contributed by atoms with Gasteiger partial charge in [-0.2, -0.15) is 0 Å². The monoisotopic (exact) mass is 364 g/mol. The van der Waals surface area contributed by atoms with Crippen LogP contribution in [0.3, 0.4) is 0 Å². The minimum atomic E-state index is -0.928. The van der Waals surface area contributed by atoms with Crippen LogP contribution >= 0.6 is 0 Å². The predicted molar refractivity (Wildman–Crippen MR) is 96.6 cm³/mol. The first-order valence-electron chi connectivity index (χ1n) is 8.72. The molecule has 1 aromatic carbocycles. The Balaban J connectivity index is 2.00. The van der Waals surface area contributed by atoms with E-state index >= 15 is 0 Å². The van der Waals surface area contributed by atoms with E-state index in [4.69, 9.17) is 9.47 Å². The molecule has 2 amide bonds. The van der Waals surface area contributed by atoms with Gasteiger partial charge in [-0.15, -0.1) is 0 Å². The number of carbonyl (C=O) groups excluding carboxylic acids is 2. The van der Waals surface area contributed by atoms with Crippen molar-refractivity contribution >= 4 is 12.2 Å². The molecular formula is C19H28N2O5. The lowest BCUT2D eigenvalue weighted by Crippen LogP contribution is -2.65. The van der Waals surface area contributed by atoms with Crippen LogP contribution in [0.1, 0.15) is 33.3 Å². The average molecular weight is 364 g/mol. The number of rotatable bonds is 3. The summed E-state index contributed by atoms with van der Waals surface area (Å²) in [4.78, 5) is 27.8. The van der Waals surface area contributed by atoms with Crippen molar-refractivity contribution in [1.82, 2.24) is 9.80 Å². The molecular weight excluding hydrogens is 336 g/mol. The standard InChI is InChI=1S/C19H28N2O5/c1-18(2,3)26-16(23)20-10-11-21(19(4,13-20)14-22)17(24)25-12-15-8-6-5-7-9-15/h5-9,22H,10-14H2,1-4H3. The molecule has 1 heterocycles. The van der Waals surface area contributed by atoms with Gasteiger partial charge < -0.3 is 19.5 Å². The largest absolute Gasteiger partial charge is 0.445 e. The Kier molecular flexibility index (Phi) is 6.13. The molecule has 0 radical (unpaired) electrons. The molecule has 0 aromatic heterocycles. The summed E-state index contributed by atoms with van der Waals surface area (Å²) in [5, 5.41) is 9.86. The predicted octanol–water partition coefficient (Wildman–Crippen LogP) is 2.63. The van der Waals surface area contributed by atoms with E-state index in [1.54, 1.807) is 27.7 Å². The Morgan fingerprint density at radius 1 is 1.15 bits per heavy atom. The number of hydrogen-bond acceptors (Lipinski definition) is 5. The lowest BCUT2D eigenvalue weighted by Gasteiger charge is -2.47. The van der Waals surface area contributed by atoms with Gasteiger partial charge in [0, 0.05) is 19.6 Å². The lowest BCUT2D eigenvalue weighted by atomic mass is 9.98. The smallest absolute Gasteiger partial charge is 0.410 e. The highest BCUT2D eigenvalue weighted by Crippen LogP contribution is 2.24. The van der Waals surface area contributed by atoms with E-state index in [1.807, 2.05) is 30.3 Å². The topological polar surface area (TPSA) is 79.3 Å². The SMILES string of the molecule is CC(C)(C)OC(=O)N1CCN(C(=O)OCc2ccccc2)C(C)(CO)C1. The minimum absolute atomic E-state index is 0.160. The van der Waals surface area contributed by atoms with Crippen LogP contribution < -0.4 is 0 Å². The Morgan fingerprint density at radius 2 is 1.81 bits per heavy atom. The van der Waals surface area contributed by atoms with Crippen LogP contribution in [0.5, 0.6) is 0 Å². The summed E-state index contributed by atoms with van der Waals surface area (Å²) in [6, 6.07) is 9.39. The summed E-state index contributed by atoms with van der Waals surface area (Å²) < 4.78 is 10.8. The van der Waals surface area contributed by atoms with Crippen LogP contribution in [0.4, 0.5) is 9.59 Å². The Morgan fingerprint density at radius 3 is 2.38 bits per heavy atom. The summed E-state index contributed by atoms with van der Waals surface area (Å²) >= 11 is 0. The van der Waals surface area contributed by atoms with Crippen molar-refractivity contribution in [2.75, 3.05) is 26.2 Å². The number of aliphatic hydroxyl groups is 1. The molecule has 1 aromatic rings. The van der Waals surface area contributed by atoms with E-state index in [1.165, 1.54) is 9.80 Å². The molecule has 7 nitrogen and oxygen atoms in total. The first kappa shape index (κ1) is 20.0. The molecule has 0 bridgehead atoms. The highest BCUT2D eigenvalue weighted by atomic mass is 16.6. The molecule has 0 aliphatic carbocycles. The van der Waals surface area contributed by atoms with Crippen LogP contribution in [-0.2, 0) is 16.1 Å². The van der Waals surface area contributed by atoms with Gasteiger partial charge >= 0.3 is 12.2 Å². The van der Waals surface area contributed by atoms with Gasteiger partial charge in [-0.25, -0.2) is 9.59 Å². The maximum absolute atomic E-state index is 12.5. The fourth-order valence-electron chi connectivity index (χ4n) is 2.79. The fourth-order valence-corrected chi connectivity index (χ4v) is 2.79. The van der Waals surface area contributed by atoms with Gasteiger partial charge in [0.05, 0.1) is 12.1 Å². The third-order valence-electron chi connectivity index (χ3n) is 4.19. The second kappa shape index (κ2) is 7.95. The summed E-state index contributed by atoms with van der Waals surface area (Å²) in [6.45, 7) is 7.77. The Hall–Kier alpha value is -2.28. The zero-order chi connectivity index (χ0) is 19.4. The van der Waals surface area contributed by atoms with Crippen LogP contribution in [0.2, 0.25) is 0 Å². The van der Waals surface area contributed by atoms with Crippen molar-refractivity contribution in [2.24, 2.45) is 0 Å². The summed E-state index contributed by atoms with van der Waals surface area (Å²) in [5.74, 6) is 0. The van der Waals surface area contributed by atoms with E-state index in [0.717, 1.165) is 5.56 Å². The molecule has 1 N–H and O–H groups in total. The molecule has 2 rings (SSSR count).